The molecule has 6 nitrogen and oxygen atoms in total. The molecule has 0 radical (unpaired) electrons. The van der Waals surface area contributed by atoms with Crippen LogP contribution in [0.2, 0.25) is 0 Å². The molecular formula is C13H21N5O. The molecule has 0 atom stereocenters. The van der Waals surface area contributed by atoms with E-state index in [0.29, 0.717) is 6.61 Å². The monoisotopic (exact) mass is 263 g/mol. The molecule has 0 amide bonds. The number of hydrogen-bond acceptors (Lipinski definition) is 4. The van der Waals surface area contributed by atoms with Gasteiger partial charge in [0.2, 0.25) is 5.95 Å². The minimum absolute atomic E-state index is 0.679. The molecule has 6 heteroatoms. The maximum atomic E-state index is 5.08. The van der Waals surface area contributed by atoms with Gasteiger partial charge in [-0.3, -0.25) is 4.68 Å². The Bertz CT molecular complexity index is 517. The molecule has 0 aliphatic rings. The van der Waals surface area contributed by atoms with E-state index in [-0.39, 0.29) is 0 Å². The van der Waals surface area contributed by atoms with Gasteiger partial charge in [0.05, 0.1) is 12.3 Å². The highest BCUT2D eigenvalue weighted by atomic mass is 16.5. The largest absolute Gasteiger partial charge is 0.383 e. The van der Waals surface area contributed by atoms with Crippen molar-refractivity contribution in [1.29, 1.82) is 0 Å². The molecule has 0 aromatic carbocycles. The van der Waals surface area contributed by atoms with Crippen molar-refractivity contribution < 1.29 is 4.74 Å². The molecule has 19 heavy (non-hydrogen) atoms. The second-order valence-corrected chi connectivity index (χ2v) is 4.42. The average Bonchev–Trinajstić information content (AvgIpc) is 2.99. The number of hydrogen-bond donors (Lipinski definition) is 1. The smallest absolute Gasteiger partial charge is 0.203 e. The summed E-state index contributed by atoms with van der Waals surface area (Å²) in [6.45, 7) is 4.33. The number of nitrogens with one attached hydrogen (secondary N) is 1. The molecule has 0 saturated carbocycles. The zero-order valence-corrected chi connectivity index (χ0v) is 11.8. The van der Waals surface area contributed by atoms with Crippen LogP contribution in [0.3, 0.4) is 0 Å². The van der Waals surface area contributed by atoms with Gasteiger partial charge in [-0.25, -0.2) is 4.98 Å². The fraction of sp³-hybridized carbons (Fsp3) is 0.538. The molecule has 0 spiro atoms. The lowest BCUT2D eigenvalue weighted by atomic mass is 10.2. The quantitative estimate of drug-likeness (QED) is 0.821. The molecule has 2 heterocycles. The van der Waals surface area contributed by atoms with E-state index >= 15 is 0 Å². The molecule has 1 N–H and O–H groups in total. The average molecular weight is 263 g/mol. The normalized spacial score (nSPS) is 10.9. The number of rotatable bonds is 7. The summed E-state index contributed by atoms with van der Waals surface area (Å²) in [5.41, 5.74) is 2.34. The molecule has 0 bridgehead atoms. The maximum absolute atomic E-state index is 5.08. The topological polar surface area (TPSA) is 56.9 Å². The first-order valence-electron chi connectivity index (χ1n) is 6.50. The van der Waals surface area contributed by atoms with Gasteiger partial charge >= 0.3 is 0 Å². The van der Waals surface area contributed by atoms with Crippen molar-refractivity contribution in [2.45, 2.75) is 26.4 Å². The Labute approximate surface area is 113 Å². The van der Waals surface area contributed by atoms with Crippen LogP contribution in [0.5, 0.6) is 0 Å². The third-order valence-corrected chi connectivity index (χ3v) is 3.02. The van der Waals surface area contributed by atoms with E-state index in [1.165, 1.54) is 5.56 Å². The first-order chi connectivity index (χ1) is 9.24. The Kier molecular flexibility index (Phi) is 4.57. The van der Waals surface area contributed by atoms with Gasteiger partial charge in [-0.05, 0) is 6.42 Å². The first-order valence-corrected chi connectivity index (χ1v) is 6.50. The van der Waals surface area contributed by atoms with E-state index in [1.54, 1.807) is 13.3 Å². The van der Waals surface area contributed by atoms with Crippen LogP contribution in [-0.2, 0) is 31.3 Å². The number of imidazole rings is 1. The van der Waals surface area contributed by atoms with Crippen LogP contribution >= 0.6 is 0 Å². The van der Waals surface area contributed by atoms with Crippen LogP contribution in [0.15, 0.2) is 18.6 Å². The zero-order valence-electron chi connectivity index (χ0n) is 11.8. The van der Waals surface area contributed by atoms with Crippen molar-refractivity contribution in [3.8, 4) is 0 Å². The summed E-state index contributed by atoms with van der Waals surface area (Å²) in [5, 5.41) is 7.78. The number of aromatic nitrogens is 4. The van der Waals surface area contributed by atoms with Crippen LogP contribution in [0.4, 0.5) is 5.95 Å². The lowest BCUT2D eigenvalue weighted by molar-refractivity contribution is 0.187. The fourth-order valence-corrected chi connectivity index (χ4v) is 2.05. The van der Waals surface area contributed by atoms with Gasteiger partial charge in [0.15, 0.2) is 0 Å². The van der Waals surface area contributed by atoms with Gasteiger partial charge in [0.25, 0.3) is 0 Å². The summed E-state index contributed by atoms with van der Waals surface area (Å²) in [7, 11) is 3.65. The van der Waals surface area contributed by atoms with E-state index in [2.05, 4.69) is 22.3 Å². The van der Waals surface area contributed by atoms with Crippen LogP contribution < -0.4 is 5.32 Å². The second kappa shape index (κ2) is 6.38. The highest BCUT2D eigenvalue weighted by Crippen LogP contribution is 2.11. The van der Waals surface area contributed by atoms with Crippen LogP contribution in [0.25, 0.3) is 0 Å². The number of anilines is 1. The minimum atomic E-state index is 0.679. The Morgan fingerprint density at radius 2 is 2.26 bits per heavy atom. The highest BCUT2D eigenvalue weighted by molar-refractivity contribution is 5.29. The van der Waals surface area contributed by atoms with Crippen molar-refractivity contribution >= 4 is 5.95 Å². The van der Waals surface area contributed by atoms with Crippen molar-refractivity contribution in [1.82, 2.24) is 19.3 Å². The third-order valence-electron chi connectivity index (χ3n) is 3.02. The fourth-order valence-electron chi connectivity index (χ4n) is 2.05. The van der Waals surface area contributed by atoms with E-state index in [1.807, 2.05) is 28.7 Å². The molecule has 0 saturated heterocycles. The molecule has 0 fully saturated rings. The van der Waals surface area contributed by atoms with Crippen LogP contribution in [0, 0.1) is 0 Å². The standard InChI is InChI=1S/C13H21N5O/c1-4-12-11(10-17(2)16-12)9-15-13-14-5-6-18(13)7-8-19-3/h5-6,10H,4,7-9H2,1-3H3,(H,14,15). The Balaban J connectivity index is 2.00. The van der Waals surface area contributed by atoms with E-state index in [0.717, 1.165) is 31.2 Å². The second-order valence-electron chi connectivity index (χ2n) is 4.42. The summed E-state index contributed by atoms with van der Waals surface area (Å²) >= 11 is 0. The van der Waals surface area contributed by atoms with E-state index < -0.39 is 0 Å². The van der Waals surface area contributed by atoms with Crippen molar-refractivity contribution in [3.05, 3.63) is 29.8 Å². The van der Waals surface area contributed by atoms with Crippen LogP contribution in [-0.4, -0.2) is 33.0 Å². The van der Waals surface area contributed by atoms with Crippen LogP contribution in [0.1, 0.15) is 18.2 Å². The summed E-state index contributed by atoms with van der Waals surface area (Å²) in [4.78, 5) is 4.32. The SMILES string of the molecule is CCc1nn(C)cc1CNc1nccn1CCOC. The first kappa shape index (κ1) is 13.6. The number of nitrogens with zero attached hydrogens (tertiary/aromatic N) is 4. The third kappa shape index (κ3) is 3.35. The van der Waals surface area contributed by atoms with E-state index in [9.17, 15) is 0 Å². The molecule has 0 aliphatic carbocycles. The van der Waals surface area contributed by atoms with Gasteiger partial charge in [-0.1, -0.05) is 6.92 Å². The molecule has 2 rings (SSSR count). The van der Waals surface area contributed by atoms with Gasteiger partial charge < -0.3 is 14.6 Å². The predicted octanol–water partition coefficient (Wildman–Crippen LogP) is 1.44. The Morgan fingerprint density at radius 1 is 1.42 bits per heavy atom. The minimum Gasteiger partial charge on any atom is -0.383 e. The lowest BCUT2D eigenvalue weighted by Crippen LogP contribution is -2.10. The van der Waals surface area contributed by atoms with E-state index in [4.69, 9.17) is 4.74 Å². The Hall–Kier alpha value is -1.82. The van der Waals surface area contributed by atoms with Gasteiger partial charge in [0.1, 0.15) is 0 Å². The summed E-state index contributed by atoms with van der Waals surface area (Å²) < 4.78 is 8.98. The van der Waals surface area contributed by atoms with Crippen molar-refractivity contribution in [3.63, 3.8) is 0 Å². The summed E-state index contributed by atoms with van der Waals surface area (Å²) in [6, 6.07) is 0. The summed E-state index contributed by atoms with van der Waals surface area (Å²) in [6.07, 6.45) is 6.73. The van der Waals surface area contributed by atoms with Crippen molar-refractivity contribution in [2.24, 2.45) is 7.05 Å². The van der Waals surface area contributed by atoms with Crippen molar-refractivity contribution in [2.75, 3.05) is 19.0 Å². The molecule has 2 aromatic rings. The molecule has 104 valence electrons. The highest BCUT2D eigenvalue weighted by Gasteiger charge is 2.07. The molecule has 2 aromatic heterocycles. The summed E-state index contributed by atoms with van der Waals surface area (Å²) in [5.74, 6) is 0.864. The predicted molar refractivity (Wildman–Crippen MR) is 74.0 cm³/mol. The zero-order chi connectivity index (χ0) is 13.7. The number of methoxy groups -OCH3 is 1. The molecule has 0 aliphatic heterocycles. The Morgan fingerprint density at radius 3 is 3.00 bits per heavy atom. The molecular weight excluding hydrogens is 242 g/mol. The maximum Gasteiger partial charge on any atom is 0.203 e. The van der Waals surface area contributed by atoms with Gasteiger partial charge in [0, 0.05) is 51.4 Å². The molecule has 0 unspecified atom stereocenters. The van der Waals surface area contributed by atoms with Gasteiger partial charge in [-0.2, -0.15) is 5.10 Å². The van der Waals surface area contributed by atoms with Gasteiger partial charge in [-0.15, -0.1) is 0 Å². The number of ether oxygens (including phenoxy) is 1. The number of aryl methyl sites for hydroxylation is 2. The lowest BCUT2D eigenvalue weighted by Gasteiger charge is -2.09.